The lowest BCUT2D eigenvalue weighted by molar-refractivity contribution is 0.0725. The van der Waals surface area contributed by atoms with E-state index in [2.05, 4.69) is 0 Å². The molecule has 8 aromatic rings. The van der Waals surface area contributed by atoms with E-state index in [0.29, 0.717) is 39.7 Å². The quantitative estimate of drug-likeness (QED) is 0.0890. The van der Waals surface area contributed by atoms with Crippen molar-refractivity contribution in [2.24, 2.45) is 0 Å². The second kappa shape index (κ2) is 19.9. The lowest BCUT2D eigenvalue weighted by Crippen LogP contribution is -2.16. The number of phenolic OH excluding ortho intramolecular Hbond substituents is 1. The first kappa shape index (κ1) is 44.1. The maximum atomic E-state index is 13.1. The third-order valence-corrected chi connectivity index (χ3v) is 11.1. The van der Waals surface area contributed by atoms with Gasteiger partial charge in [0.1, 0.15) is 28.7 Å². The minimum atomic E-state index is -0.584. The van der Waals surface area contributed by atoms with Gasteiger partial charge in [-0.05, 0) is 152 Å². The molecule has 1 unspecified atom stereocenters. The van der Waals surface area contributed by atoms with Crippen LogP contribution in [0.15, 0.2) is 194 Å². The van der Waals surface area contributed by atoms with Crippen LogP contribution in [0.2, 0.25) is 0 Å². The molecular formula is C57H44O9. The molecule has 0 aliphatic heterocycles. The van der Waals surface area contributed by atoms with Crippen LogP contribution in [0.5, 0.6) is 28.7 Å². The van der Waals surface area contributed by atoms with Crippen LogP contribution in [-0.2, 0) is 0 Å². The van der Waals surface area contributed by atoms with E-state index in [-0.39, 0.29) is 11.3 Å². The summed E-state index contributed by atoms with van der Waals surface area (Å²) >= 11 is 0. The molecule has 1 atom stereocenters. The van der Waals surface area contributed by atoms with E-state index in [1.165, 1.54) is 24.3 Å². The topological polar surface area (TPSA) is 125 Å². The van der Waals surface area contributed by atoms with E-state index in [1.807, 2.05) is 106 Å². The standard InChI is InChI=1S/C57H44O9/c1-36-4-10-43(11-5-36)54(59)63-48-28-18-39(19-29-48)52(40-20-30-49(31-21-40)64-55(60)44-12-6-37(2)7-13-44)53(41-22-32-50(33-23-41)65-56(61)45-14-8-38(3)9-15-45)42-24-34-51(35-25-42)66-57(62)46-16-26-47(58)27-17-46/h4-35,52-53,58H,1-3H3. The van der Waals surface area contributed by atoms with Gasteiger partial charge >= 0.3 is 23.9 Å². The van der Waals surface area contributed by atoms with Gasteiger partial charge in [-0.25, -0.2) is 19.2 Å². The Labute approximate surface area is 382 Å². The number of carbonyl (C=O) groups excluding carboxylic acids is 4. The molecule has 0 amide bonds. The van der Waals surface area contributed by atoms with Crippen LogP contribution < -0.4 is 18.9 Å². The second-order valence-electron chi connectivity index (χ2n) is 15.9. The Morgan fingerprint density at radius 3 is 0.712 bits per heavy atom. The van der Waals surface area contributed by atoms with Gasteiger partial charge in [0.2, 0.25) is 0 Å². The van der Waals surface area contributed by atoms with Crippen molar-refractivity contribution in [3.63, 3.8) is 0 Å². The number of aryl methyl sites for hydroxylation is 3. The van der Waals surface area contributed by atoms with E-state index < -0.39 is 35.7 Å². The fourth-order valence-electron chi connectivity index (χ4n) is 7.46. The number of benzene rings is 8. The van der Waals surface area contributed by atoms with Gasteiger partial charge in [-0.1, -0.05) is 102 Å². The molecule has 0 saturated heterocycles. The molecule has 0 aliphatic rings. The predicted molar refractivity (Wildman–Crippen MR) is 251 cm³/mol. The van der Waals surface area contributed by atoms with Crippen LogP contribution in [0.1, 0.15) is 92.2 Å². The Morgan fingerprint density at radius 1 is 0.303 bits per heavy atom. The Morgan fingerprint density at radius 2 is 0.500 bits per heavy atom. The number of hydrogen-bond acceptors (Lipinski definition) is 9. The van der Waals surface area contributed by atoms with Crippen LogP contribution in [0.3, 0.4) is 0 Å². The fraction of sp³-hybridized carbons (Fsp3) is 0.0877. The largest absolute Gasteiger partial charge is 0.508 e. The molecule has 0 aromatic heterocycles. The van der Waals surface area contributed by atoms with Gasteiger partial charge in [-0.15, -0.1) is 0 Å². The van der Waals surface area contributed by atoms with Crippen molar-refractivity contribution in [1.29, 1.82) is 0 Å². The van der Waals surface area contributed by atoms with Gasteiger partial charge in [0.15, 0.2) is 0 Å². The number of ether oxygens (including phenoxy) is 4. The van der Waals surface area contributed by atoms with Gasteiger partial charge in [-0.2, -0.15) is 0 Å². The summed E-state index contributed by atoms with van der Waals surface area (Å²) in [6, 6.07) is 56.4. The molecule has 8 rings (SSSR count). The van der Waals surface area contributed by atoms with Crippen LogP contribution >= 0.6 is 0 Å². The smallest absolute Gasteiger partial charge is 0.343 e. The second-order valence-corrected chi connectivity index (χ2v) is 15.9. The monoisotopic (exact) mass is 872 g/mol. The van der Waals surface area contributed by atoms with Crippen molar-refractivity contribution >= 4 is 23.9 Å². The average molecular weight is 873 g/mol. The SMILES string of the molecule is Cc1ccc(C(=O)Oc2ccc(C(c3ccc(OC(=O)c4ccc(C)cc4)cc3)C(c3ccc(OC(=O)c4ccc(C)cc4)cc3)c3ccc(OC(=O)c4ccc(O)cc4)cc3)cc2)cc1. The molecule has 0 heterocycles. The molecule has 326 valence electrons. The number of rotatable bonds is 13. The van der Waals surface area contributed by atoms with E-state index in [1.54, 1.807) is 84.9 Å². The molecular weight excluding hydrogens is 829 g/mol. The van der Waals surface area contributed by atoms with Crippen LogP contribution in [0, 0.1) is 20.8 Å². The van der Waals surface area contributed by atoms with Gasteiger partial charge in [0.05, 0.1) is 22.3 Å². The van der Waals surface area contributed by atoms with E-state index in [0.717, 1.165) is 38.9 Å². The van der Waals surface area contributed by atoms with Crippen molar-refractivity contribution in [1.82, 2.24) is 0 Å². The third kappa shape index (κ3) is 10.8. The zero-order valence-electron chi connectivity index (χ0n) is 36.3. The number of hydrogen-bond donors (Lipinski definition) is 1. The summed E-state index contributed by atoms with van der Waals surface area (Å²) in [5, 5.41) is 9.71. The summed E-state index contributed by atoms with van der Waals surface area (Å²) in [6.07, 6.45) is 0. The van der Waals surface area contributed by atoms with Crippen LogP contribution in [-0.4, -0.2) is 29.0 Å². The average Bonchev–Trinajstić information content (AvgIpc) is 3.33. The highest BCUT2D eigenvalue weighted by Crippen LogP contribution is 2.44. The van der Waals surface area contributed by atoms with Gasteiger partial charge in [-0.3, -0.25) is 0 Å². The van der Waals surface area contributed by atoms with E-state index in [4.69, 9.17) is 18.9 Å². The Kier molecular flexibility index (Phi) is 13.3. The predicted octanol–water partition coefficient (Wildman–Crippen LogP) is 12.2. The molecule has 0 fully saturated rings. The first-order valence-corrected chi connectivity index (χ1v) is 21.2. The summed E-state index contributed by atoms with van der Waals surface area (Å²) in [4.78, 5) is 52.3. The molecule has 0 aliphatic carbocycles. The van der Waals surface area contributed by atoms with Crippen molar-refractivity contribution in [3.05, 3.63) is 255 Å². The number of phenols is 1. The first-order chi connectivity index (χ1) is 31.9. The lowest BCUT2D eigenvalue weighted by atomic mass is 9.73. The highest BCUT2D eigenvalue weighted by Gasteiger charge is 2.29. The summed E-state index contributed by atoms with van der Waals surface area (Å²) in [6.45, 7) is 5.84. The minimum Gasteiger partial charge on any atom is -0.508 e. The number of carbonyl (C=O) groups is 4. The van der Waals surface area contributed by atoms with Crippen LogP contribution in [0.25, 0.3) is 0 Å². The third-order valence-electron chi connectivity index (χ3n) is 11.1. The summed E-state index contributed by atoms with van der Waals surface area (Å²) in [7, 11) is 0. The number of aromatic hydroxyl groups is 1. The van der Waals surface area contributed by atoms with Gasteiger partial charge in [0.25, 0.3) is 0 Å². The van der Waals surface area contributed by atoms with Crippen molar-refractivity contribution in [3.8, 4) is 28.7 Å². The molecule has 9 heteroatoms. The van der Waals surface area contributed by atoms with Gasteiger partial charge < -0.3 is 24.1 Å². The Hall–Kier alpha value is -8.56. The van der Waals surface area contributed by atoms with E-state index >= 15 is 0 Å². The molecule has 0 saturated carbocycles. The van der Waals surface area contributed by atoms with E-state index in [9.17, 15) is 24.3 Å². The first-order valence-electron chi connectivity index (χ1n) is 21.2. The highest BCUT2D eigenvalue weighted by molar-refractivity contribution is 5.93. The molecule has 0 radical (unpaired) electrons. The molecule has 0 spiro atoms. The molecule has 9 nitrogen and oxygen atoms in total. The molecule has 66 heavy (non-hydrogen) atoms. The van der Waals surface area contributed by atoms with Crippen molar-refractivity contribution in [2.75, 3.05) is 0 Å². The maximum absolute atomic E-state index is 13.1. The summed E-state index contributed by atoms with van der Waals surface area (Å²) < 4.78 is 23.1. The zero-order valence-corrected chi connectivity index (χ0v) is 36.3. The maximum Gasteiger partial charge on any atom is 0.343 e. The molecule has 1 N–H and O–H groups in total. The molecule has 0 bridgehead atoms. The number of esters is 4. The van der Waals surface area contributed by atoms with Crippen molar-refractivity contribution in [2.45, 2.75) is 32.6 Å². The highest BCUT2D eigenvalue weighted by atomic mass is 16.5. The van der Waals surface area contributed by atoms with Gasteiger partial charge in [0, 0.05) is 11.8 Å². The summed E-state index contributed by atoms with van der Waals surface area (Å²) in [5.74, 6) is -1.46. The lowest BCUT2D eigenvalue weighted by Gasteiger charge is -2.30. The Bertz CT molecular complexity index is 2540. The molecule has 8 aromatic carbocycles. The normalized spacial score (nSPS) is 11.3. The summed E-state index contributed by atoms with van der Waals surface area (Å²) in [5.41, 5.74) is 8.05. The minimum absolute atomic E-state index is 0.0322. The Balaban J connectivity index is 1.16. The van der Waals surface area contributed by atoms with Crippen molar-refractivity contribution < 1.29 is 43.2 Å². The van der Waals surface area contributed by atoms with Crippen LogP contribution in [0.4, 0.5) is 0 Å². The fourth-order valence-corrected chi connectivity index (χ4v) is 7.46. The zero-order chi connectivity index (χ0) is 46.2.